The largest absolute Gasteiger partial charge is 0.305 e. The van der Waals surface area contributed by atoms with Crippen molar-refractivity contribution in [3.8, 4) is 0 Å². The van der Waals surface area contributed by atoms with Crippen LogP contribution in [-0.4, -0.2) is 54.6 Å². The van der Waals surface area contributed by atoms with Crippen LogP contribution in [0.4, 0.5) is 0 Å². The fourth-order valence-corrected chi connectivity index (χ4v) is 4.16. The monoisotopic (exact) mass is 329 g/mol. The molecular formula is C16H28ClN3S. The van der Waals surface area contributed by atoms with Gasteiger partial charge in [0.25, 0.3) is 0 Å². The van der Waals surface area contributed by atoms with Crippen LogP contribution in [0.3, 0.4) is 0 Å². The molecule has 0 saturated heterocycles. The topological polar surface area (TPSA) is 19.4 Å². The van der Waals surface area contributed by atoms with Gasteiger partial charge < -0.3 is 9.80 Å². The second-order valence-electron chi connectivity index (χ2n) is 6.53. The molecule has 1 aromatic rings. The maximum absolute atomic E-state index is 5.78. The van der Waals surface area contributed by atoms with Crippen LogP contribution in [-0.2, 0) is 12.3 Å². The molecule has 0 bridgehead atoms. The first kappa shape index (κ1) is 17.2. The van der Waals surface area contributed by atoms with E-state index in [1.807, 2.05) is 0 Å². The van der Waals surface area contributed by atoms with Gasteiger partial charge in [-0.2, -0.15) is 0 Å². The summed E-state index contributed by atoms with van der Waals surface area (Å²) < 4.78 is 0. The first-order valence-corrected chi connectivity index (χ1v) is 9.32. The van der Waals surface area contributed by atoms with Crippen LogP contribution in [0.5, 0.6) is 0 Å². The van der Waals surface area contributed by atoms with Crippen LogP contribution < -0.4 is 0 Å². The Labute approximate surface area is 138 Å². The summed E-state index contributed by atoms with van der Waals surface area (Å²) in [6.07, 6.45) is 7.65. The molecule has 0 radical (unpaired) electrons. The number of aromatic nitrogens is 1. The number of halogens is 1. The van der Waals surface area contributed by atoms with Crippen molar-refractivity contribution in [3.63, 3.8) is 0 Å². The van der Waals surface area contributed by atoms with Gasteiger partial charge in [0.2, 0.25) is 0 Å². The first-order chi connectivity index (χ1) is 10.1. The summed E-state index contributed by atoms with van der Waals surface area (Å²) in [4.78, 5) is 9.45. The third kappa shape index (κ3) is 4.65. The van der Waals surface area contributed by atoms with E-state index in [9.17, 15) is 0 Å². The van der Waals surface area contributed by atoms with E-state index >= 15 is 0 Å². The average Bonchev–Trinajstić information content (AvgIpc) is 2.86. The van der Waals surface area contributed by atoms with Gasteiger partial charge in [-0.3, -0.25) is 0 Å². The Hall–Kier alpha value is -0.160. The molecule has 0 N–H and O–H groups in total. The summed E-state index contributed by atoms with van der Waals surface area (Å²) in [5.41, 5.74) is 1.46. The Morgan fingerprint density at radius 3 is 2.57 bits per heavy atom. The van der Waals surface area contributed by atoms with Crippen LogP contribution in [0.25, 0.3) is 0 Å². The maximum atomic E-state index is 5.78. The molecule has 3 nitrogen and oxygen atoms in total. The number of rotatable bonds is 9. The van der Waals surface area contributed by atoms with E-state index in [-0.39, 0.29) is 0 Å². The Bertz CT molecular complexity index is 429. The van der Waals surface area contributed by atoms with Gasteiger partial charge in [0.15, 0.2) is 0 Å². The van der Waals surface area contributed by atoms with Gasteiger partial charge in [-0.25, -0.2) is 4.98 Å². The van der Waals surface area contributed by atoms with Crippen molar-refractivity contribution in [1.82, 2.24) is 14.8 Å². The number of alkyl halides is 1. The second-order valence-corrected chi connectivity index (χ2v) is 7.74. The highest BCUT2D eigenvalue weighted by Gasteiger charge is 2.39. The van der Waals surface area contributed by atoms with E-state index in [0.717, 1.165) is 12.1 Å². The fraction of sp³-hybridized carbons (Fsp3) is 0.812. The molecule has 1 heterocycles. The number of nitrogens with zero attached hydrogens (tertiary/aromatic N) is 3. The van der Waals surface area contributed by atoms with Crippen molar-refractivity contribution in [2.45, 2.75) is 49.9 Å². The second kappa shape index (κ2) is 7.91. The van der Waals surface area contributed by atoms with Crippen LogP contribution in [0.2, 0.25) is 0 Å². The molecule has 1 aliphatic rings. The molecule has 0 amide bonds. The quantitative estimate of drug-likeness (QED) is 0.509. The van der Waals surface area contributed by atoms with Gasteiger partial charge in [-0.15, -0.1) is 22.9 Å². The Morgan fingerprint density at radius 2 is 2.05 bits per heavy atom. The predicted molar refractivity (Wildman–Crippen MR) is 92.4 cm³/mol. The smallest absolute Gasteiger partial charge is 0.0928 e. The molecule has 2 rings (SSSR count). The third-order valence-electron chi connectivity index (χ3n) is 4.71. The SMILES string of the molecule is CN(CCCCc1nc(CCl)cs1)CC1(N(C)C)CCC1. The van der Waals surface area contributed by atoms with E-state index in [4.69, 9.17) is 11.6 Å². The summed E-state index contributed by atoms with van der Waals surface area (Å²) in [5, 5.41) is 3.31. The Morgan fingerprint density at radius 1 is 1.29 bits per heavy atom. The number of aryl methyl sites for hydroxylation is 1. The van der Waals surface area contributed by atoms with Gasteiger partial charge in [0.1, 0.15) is 0 Å². The maximum Gasteiger partial charge on any atom is 0.0928 e. The molecule has 0 unspecified atom stereocenters. The van der Waals surface area contributed by atoms with Gasteiger partial charge >= 0.3 is 0 Å². The minimum atomic E-state index is 0.444. The van der Waals surface area contributed by atoms with Crippen molar-refractivity contribution < 1.29 is 0 Å². The van der Waals surface area contributed by atoms with Crippen molar-refractivity contribution in [1.29, 1.82) is 0 Å². The third-order valence-corrected chi connectivity index (χ3v) is 5.95. The molecule has 1 saturated carbocycles. The number of hydrogen-bond acceptors (Lipinski definition) is 4. The number of likely N-dealkylation sites (N-methyl/N-ethyl adjacent to an activating group) is 2. The van der Waals surface area contributed by atoms with Crippen molar-refractivity contribution in [2.75, 3.05) is 34.2 Å². The minimum Gasteiger partial charge on any atom is -0.305 e. The van der Waals surface area contributed by atoms with Crippen molar-refractivity contribution in [2.24, 2.45) is 0 Å². The van der Waals surface area contributed by atoms with Crippen molar-refractivity contribution >= 4 is 22.9 Å². The average molecular weight is 330 g/mol. The molecule has 0 atom stereocenters. The molecule has 21 heavy (non-hydrogen) atoms. The summed E-state index contributed by atoms with van der Waals surface area (Å²) in [6.45, 7) is 2.39. The molecule has 0 aliphatic heterocycles. The molecular weight excluding hydrogens is 302 g/mol. The van der Waals surface area contributed by atoms with Gasteiger partial charge in [0, 0.05) is 17.5 Å². The Kier molecular flexibility index (Phi) is 6.48. The molecule has 1 fully saturated rings. The number of unbranched alkanes of at least 4 members (excludes halogenated alkanes) is 1. The van der Waals surface area contributed by atoms with Gasteiger partial charge in [-0.1, -0.05) is 0 Å². The molecule has 0 spiro atoms. The van der Waals surface area contributed by atoms with Crippen molar-refractivity contribution in [3.05, 3.63) is 16.1 Å². The Balaban J connectivity index is 1.64. The van der Waals surface area contributed by atoms with E-state index < -0.39 is 0 Å². The first-order valence-electron chi connectivity index (χ1n) is 7.91. The van der Waals surface area contributed by atoms with Gasteiger partial charge in [-0.05, 0) is 66.2 Å². The lowest BCUT2D eigenvalue weighted by Crippen LogP contribution is -2.56. The standard InChI is InChI=1S/C16H28ClN3S/c1-19(2)16(8-6-9-16)13-20(3)10-5-4-7-15-18-14(11-17)12-21-15/h12H,4-11,13H2,1-3H3. The summed E-state index contributed by atoms with van der Waals surface area (Å²) in [6, 6.07) is 0. The summed E-state index contributed by atoms with van der Waals surface area (Å²) in [7, 11) is 6.71. The van der Waals surface area contributed by atoms with Crippen LogP contribution in [0.15, 0.2) is 5.38 Å². The normalized spacial score (nSPS) is 17.4. The highest BCUT2D eigenvalue weighted by Crippen LogP contribution is 2.36. The number of hydrogen-bond donors (Lipinski definition) is 0. The van der Waals surface area contributed by atoms with E-state index in [1.165, 1.54) is 50.2 Å². The molecule has 120 valence electrons. The zero-order chi connectivity index (χ0) is 15.3. The fourth-order valence-electron chi connectivity index (χ4n) is 3.10. The highest BCUT2D eigenvalue weighted by molar-refractivity contribution is 7.09. The lowest BCUT2D eigenvalue weighted by Gasteiger charge is -2.49. The predicted octanol–water partition coefficient (Wildman–Crippen LogP) is 3.62. The van der Waals surface area contributed by atoms with Crippen LogP contribution in [0.1, 0.15) is 42.8 Å². The highest BCUT2D eigenvalue weighted by atomic mass is 35.5. The number of thiazole rings is 1. The lowest BCUT2D eigenvalue weighted by molar-refractivity contribution is 0.0275. The minimum absolute atomic E-state index is 0.444. The van der Waals surface area contributed by atoms with Crippen LogP contribution in [0, 0.1) is 0 Å². The van der Waals surface area contributed by atoms with E-state index in [2.05, 4.69) is 41.3 Å². The molecule has 5 heteroatoms. The molecule has 0 aromatic carbocycles. The van der Waals surface area contributed by atoms with E-state index in [1.54, 1.807) is 11.3 Å². The molecule has 1 aliphatic carbocycles. The van der Waals surface area contributed by atoms with Gasteiger partial charge in [0.05, 0.1) is 16.6 Å². The zero-order valence-electron chi connectivity index (χ0n) is 13.6. The summed E-state index contributed by atoms with van der Waals surface area (Å²) >= 11 is 7.53. The van der Waals surface area contributed by atoms with Crippen LogP contribution >= 0.6 is 22.9 Å². The van der Waals surface area contributed by atoms with E-state index in [0.29, 0.717) is 11.4 Å². The summed E-state index contributed by atoms with van der Waals surface area (Å²) in [5.74, 6) is 0.534. The zero-order valence-corrected chi connectivity index (χ0v) is 15.1. The molecule has 1 aromatic heterocycles. The lowest BCUT2D eigenvalue weighted by atomic mass is 9.75.